The molecular formula is C20H27N3O3S. The summed E-state index contributed by atoms with van der Waals surface area (Å²) in [6, 6.07) is 7.53. The van der Waals surface area contributed by atoms with Crippen LogP contribution in [0.2, 0.25) is 0 Å². The molecule has 0 aliphatic rings. The van der Waals surface area contributed by atoms with E-state index in [1.807, 2.05) is 43.5 Å². The molecule has 2 rings (SSSR count). The van der Waals surface area contributed by atoms with E-state index in [4.69, 9.17) is 4.74 Å². The lowest BCUT2D eigenvalue weighted by Gasteiger charge is -2.22. The Balaban J connectivity index is 2.03. The summed E-state index contributed by atoms with van der Waals surface area (Å²) in [7, 11) is 0. The maximum atomic E-state index is 12.9. The molecule has 1 aromatic carbocycles. The van der Waals surface area contributed by atoms with Crippen molar-refractivity contribution in [1.82, 2.24) is 9.88 Å². The Bertz CT molecular complexity index is 743. The maximum absolute atomic E-state index is 12.9. The van der Waals surface area contributed by atoms with E-state index < -0.39 is 0 Å². The van der Waals surface area contributed by atoms with Crippen LogP contribution in [0.4, 0.5) is 5.13 Å². The first kappa shape index (κ1) is 21.1. The number of ether oxygens (including phenoxy) is 1. The number of aromatic nitrogens is 1. The van der Waals surface area contributed by atoms with Crippen molar-refractivity contribution in [2.45, 2.75) is 33.6 Å². The van der Waals surface area contributed by atoms with Gasteiger partial charge in [-0.3, -0.25) is 9.59 Å². The molecule has 1 aromatic heterocycles. The molecule has 0 bridgehead atoms. The summed E-state index contributed by atoms with van der Waals surface area (Å²) in [5, 5.41) is 5.18. The molecule has 0 unspecified atom stereocenters. The van der Waals surface area contributed by atoms with Crippen LogP contribution in [0, 0.1) is 6.92 Å². The van der Waals surface area contributed by atoms with Gasteiger partial charge >= 0.3 is 0 Å². The van der Waals surface area contributed by atoms with Gasteiger partial charge in [-0.05, 0) is 44.4 Å². The highest BCUT2D eigenvalue weighted by Crippen LogP contribution is 2.15. The van der Waals surface area contributed by atoms with Crippen LogP contribution < -0.4 is 5.32 Å². The topological polar surface area (TPSA) is 71.5 Å². The second kappa shape index (κ2) is 10.8. The van der Waals surface area contributed by atoms with E-state index in [0.717, 1.165) is 12.1 Å². The van der Waals surface area contributed by atoms with E-state index in [9.17, 15) is 9.59 Å². The van der Waals surface area contributed by atoms with Crippen molar-refractivity contribution in [3.63, 3.8) is 0 Å². The van der Waals surface area contributed by atoms with E-state index in [2.05, 4.69) is 17.2 Å². The second-order valence-electron chi connectivity index (χ2n) is 6.17. The van der Waals surface area contributed by atoms with E-state index in [1.54, 1.807) is 4.90 Å². The van der Waals surface area contributed by atoms with Gasteiger partial charge in [-0.15, -0.1) is 11.3 Å². The summed E-state index contributed by atoms with van der Waals surface area (Å²) in [6.07, 6.45) is 1.60. The summed E-state index contributed by atoms with van der Waals surface area (Å²) >= 11 is 1.37. The minimum Gasteiger partial charge on any atom is -0.382 e. The van der Waals surface area contributed by atoms with Crippen LogP contribution in [-0.4, -0.2) is 48.0 Å². The molecule has 0 atom stereocenters. The molecule has 0 saturated carbocycles. The smallest absolute Gasteiger partial charge is 0.254 e. The number of hydrogen-bond acceptors (Lipinski definition) is 5. The number of hydrogen-bond donors (Lipinski definition) is 1. The van der Waals surface area contributed by atoms with Crippen LogP contribution in [0.1, 0.15) is 41.9 Å². The van der Waals surface area contributed by atoms with Gasteiger partial charge in [0.25, 0.3) is 5.91 Å². The lowest BCUT2D eigenvalue weighted by molar-refractivity contribution is -0.116. The normalized spacial score (nSPS) is 10.6. The number of nitrogens with zero attached hydrogens (tertiary/aromatic N) is 2. The summed E-state index contributed by atoms with van der Waals surface area (Å²) < 4.78 is 5.36. The first-order chi connectivity index (χ1) is 13.0. The third-order valence-electron chi connectivity index (χ3n) is 4.02. The Morgan fingerprint density at radius 2 is 1.96 bits per heavy atom. The number of thiazole rings is 1. The largest absolute Gasteiger partial charge is 0.382 e. The Labute approximate surface area is 164 Å². The molecule has 27 heavy (non-hydrogen) atoms. The zero-order valence-corrected chi connectivity index (χ0v) is 17.0. The first-order valence-corrected chi connectivity index (χ1v) is 10.1. The highest BCUT2D eigenvalue weighted by atomic mass is 32.1. The van der Waals surface area contributed by atoms with Crippen molar-refractivity contribution in [3.8, 4) is 0 Å². The number of benzene rings is 1. The van der Waals surface area contributed by atoms with Gasteiger partial charge in [0.2, 0.25) is 5.91 Å². The van der Waals surface area contributed by atoms with Gasteiger partial charge < -0.3 is 15.0 Å². The number of carbonyl (C=O) groups excluding carboxylic acids is 2. The number of anilines is 1. The zero-order valence-electron chi connectivity index (χ0n) is 16.2. The van der Waals surface area contributed by atoms with Crippen molar-refractivity contribution in [2.24, 2.45) is 0 Å². The van der Waals surface area contributed by atoms with E-state index in [0.29, 0.717) is 36.9 Å². The van der Waals surface area contributed by atoms with Crippen LogP contribution in [-0.2, 0) is 16.0 Å². The molecule has 0 fully saturated rings. The summed E-state index contributed by atoms with van der Waals surface area (Å²) in [6.45, 7) is 7.51. The minimum absolute atomic E-state index is 0.0148. The molecule has 0 spiro atoms. The second-order valence-corrected chi connectivity index (χ2v) is 7.03. The molecule has 1 heterocycles. The van der Waals surface area contributed by atoms with Gasteiger partial charge in [0.15, 0.2) is 5.13 Å². The molecule has 146 valence electrons. The monoisotopic (exact) mass is 389 g/mol. The lowest BCUT2D eigenvalue weighted by Crippen LogP contribution is -2.39. The van der Waals surface area contributed by atoms with Crippen LogP contribution in [0.25, 0.3) is 0 Å². The Morgan fingerprint density at radius 1 is 1.22 bits per heavy atom. The highest BCUT2D eigenvalue weighted by molar-refractivity contribution is 7.13. The maximum Gasteiger partial charge on any atom is 0.254 e. The minimum atomic E-state index is -0.251. The predicted molar refractivity (Wildman–Crippen MR) is 108 cm³/mol. The van der Waals surface area contributed by atoms with Crippen LogP contribution in [0.15, 0.2) is 29.6 Å². The molecule has 2 amide bonds. The van der Waals surface area contributed by atoms with E-state index in [1.165, 1.54) is 16.9 Å². The molecule has 0 saturated heterocycles. The van der Waals surface area contributed by atoms with Crippen LogP contribution in [0.3, 0.4) is 0 Å². The average Bonchev–Trinajstić information content (AvgIpc) is 3.08. The molecular weight excluding hydrogens is 362 g/mol. The number of nitrogens with one attached hydrogen (secondary N) is 1. The van der Waals surface area contributed by atoms with E-state index in [-0.39, 0.29) is 18.4 Å². The zero-order chi connectivity index (χ0) is 19.6. The van der Waals surface area contributed by atoms with Gasteiger partial charge in [0.1, 0.15) is 6.54 Å². The molecule has 2 aromatic rings. The van der Waals surface area contributed by atoms with Gasteiger partial charge in [-0.25, -0.2) is 4.98 Å². The molecule has 1 N–H and O–H groups in total. The fraction of sp³-hybridized carbons (Fsp3) is 0.450. The number of rotatable bonds is 10. The summed E-state index contributed by atoms with van der Waals surface area (Å²) in [4.78, 5) is 31.1. The third-order valence-corrected chi connectivity index (χ3v) is 4.89. The van der Waals surface area contributed by atoms with Crippen molar-refractivity contribution >= 4 is 28.3 Å². The van der Waals surface area contributed by atoms with E-state index >= 15 is 0 Å². The van der Waals surface area contributed by atoms with Gasteiger partial charge in [0, 0.05) is 30.7 Å². The fourth-order valence-electron chi connectivity index (χ4n) is 2.56. The summed E-state index contributed by atoms with van der Waals surface area (Å²) in [5.74, 6) is -0.404. The van der Waals surface area contributed by atoms with Crippen molar-refractivity contribution in [3.05, 3.63) is 46.5 Å². The molecule has 0 radical (unpaired) electrons. The Hall–Kier alpha value is -2.25. The molecule has 0 aliphatic heterocycles. The fourth-order valence-corrected chi connectivity index (χ4v) is 3.27. The van der Waals surface area contributed by atoms with Crippen LogP contribution in [0.5, 0.6) is 0 Å². The van der Waals surface area contributed by atoms with Gasteiger partial charge in [-0.1, -0.05) is 19.1 Å². The number of carbonyl (C=O) groups is 2. The van der Waals surface area contributed by atoms with Crippen LogP contribution >= 0.6 is 11.3 Å². The predicted octanol–water partition coefficient (Wildman–Crippen LogP) is 3.52. The average molecular weight is 390 g/mol. The quantitative estimate of drug-likeness (QED) is 0.631. The Kier molecular flexibility index (Phi) is 8.42. The molecule has 0 aliphatic carbocycles. The van der Waals surface area contributed by atoms with Crippen molar-refractivity contribution in [2.75, 3.05) is 31.6 Å². The number of aryl methyl sites for hydroxylation is 2. The van der Waals surface area contributed by atoms with Gasteiger partial charge in [0.05, 0.1) is 5.69 Å². The standard InChI is InChI=1S/C20H27N3O3S/c1-4-16-7-9-17(10-8-16)19(25)23(11-6-12-26-5-2)13-18(24)22-20-21-15(3)14-27-20/h7-10,14H,4-6,11-13H2,1-3H3,(H,21,22,24). The highest BCUT2D eigenvalue weighted by Gasteiger charge is 2.19. The lowest BCUT2D eigenvalue weighted by atomic mass is 10.1. The number of amides is 2. The summed E-state index contributed by atoms with van der Waals surface area (Å²) in [5.41, 5.74) is 2.61. The molecule has 6 nitrogen and oxygen atoms in total. The SMILES string of the molecule is CCOCCCN(CC(=O)Nc1nc(C)cs1)C(=O)c1ccc(CC)cc1. The van der Waals surface area contributed by atoms with Gasteiger partial charge in [-0.2, -0.15) is 0 Å². The molecule has 7 heteroatoms. The first-order valence-electron chi connectivity index (χ1n) is 9.21. The Morgan fingerprint density at radius 3 is 2.56 bits per heavy atom. The third kappa shape index (κ3) is 6.77. The van der Waals surface area contributed by atoms with Crippen molar-refractivity contribution < 1.29 is 14.3 Å². The van der Waals surface area contributed by atoms with Crippen molar-refractivity contribution in [1.29, 1.82) is 0 Å².